The fraction of sp³-hybridized carbons (Fsp3) is 0.133. The number of nitrogens with zero attached hydrogens (tertiary/aromatic N) is 1. The third-order valence-corrected chi connectivity index (χ3v) is 4.42. The van der Waals surface area contributed by atoms with Gasteiger partial charge < -0.3 is 14.8 Å². The molecule has 0 aliphatic heterocycles. The minimum absolute atomic E-state index is 0.710. The summed E-state index contributed by atoms with van der Waals surface area (Å²) in [4.78, 5) is 4.52. The Balaban J connectivity index is 1.96. The summed E-state index contributed by atoms with van der Waals surface area (Å²) in [5.41, 5.74) is 1.73. The standard InChI is InChI=1S/C15H13ClN2O2S/c1-19-10-6-9(7-11(8-10)20-2)17-15-18-13-5-3-4-12(16)14(13)21-15/h3-8H,1-2H3,(H,17,18). The first-order valence-electron chi connectivity index (χ1n) is 6.25. The fourth-order valence-electron chi connectivity index (χ4n) is 1.97. The van der Waals surface area contributed by atoms with Gasteiger partial charge in [-0.05, 0) is 12.1 Å². The zero-order valence-corrected chi connectivity index (χ0v) is 13.1. The van der Waals surface area contributed by atoms with Crippen LogP contribution in [0.15, 0.2) is 36.4 Å². The Kier molecular flexibility index (Phi) is 3.86. The molecule has 0 bridgehead atoms. The Morgan fingerprint density at radius 2 is 1.81 bits per heavy atom. The summed E-state index contributed by atoms with van der Waals surface area (Å²) in [5.74, 6) is 1.44. The largest absolute Gasteiger partial charge is 0.497 e. The number of hydrogen-bond acceptors (Lipinski definition) is 5. The third kappa shape index (κ3) is 2.89. The molecule has 0 amide bonds. The first kappa shape index (κ1) is 14.0. The van der Waals surface area contributed by atoms with E-state index in [1.165, 1.54) is 11.3 Å². The van der Waals surface area contributed by atoms with E-state index in [0.29, 0.717) is 5.02 Å². The van der Waals surface area contributed by atoms with Gasteiger partial charge in [0, 0.05) is 23.9 Å². The van der Waals surface area contributed by atoms with Gasteiger partial charge in [0.2, 0.25) is 0 Å². The summed E-state index contributed by atoms with van der Waals surface area (Å²) in [5, 5.41) is 4.74. The molecule has 0 fully saturated rings. The number of thiazole rings is 1. The van der Waals surface area contributed by atoms with Crippen molar-refractivity contribution < 1.29 is 9.47 Å². The average Bonchev–Trinajstić information content (AvgIpc) is 2.90. The smallest absolute Gasteiger partial charge is 0.188 e. The van der Waals surface area contributed by atoms with E-state index in [1.807, 2.05) is 36.4 Å². The van der Waals surface area contributed by atoms with Crippen LogP contribution in [0.5, 0.6) is 11.5 Å². The number of halogens is 1. The number of methoxy groups -OCH3 is 2. The van der Waals surface area contributed by atoms with E-state index in [-0.39, 0.29) is 0 Å². The van der Waals surface area contributed by atoms with Gasteiger partial charge in [-0.25, -0.2) is 4.98 Å². The topological polar surface area (TPSA) is 43.4 Å². The number of ether oxygens (including phenoxy) is 2. The molecule has 3 aromatic rings. The monoisotopic (exact) mass is 320 g/mol. The lowest BCUT2D eigenvalue weighted by molar-refractivity contribution is 0.395. The second kappa shape index (κ2) is 5.79. The van der Waals surface area contributed by atoms with Crippen LogP contribution in [-0.4, -0.2) is 19.2 Å². The highest BCUT2D eigenvalue weighted by Gasteiger charge is 2.08. The number of nitrogens with one attached hydrogen (secondary N) is 1. The van der Waals surface area contributed by atoms with Gasteiger partial charge in [0.1, 0.15) is 11.5 Å². The summed E-state index contributed by atoms with van der Waals surface area (Å²) >= 11 is 7.68. The number of fused-ring (bicyclic) bond motifs is 1. The first-order valence-corrected chi connectivity index (χ1v) is 7.44. The van der Waals surface area contributed by atoms with Crippen LogP contribution in [-0.2, 0) is 0 Å². The molecule has 1 heterocycles. The molecular weight excluding hydrogens is 308 g/mol. The van der Waals surface area contributed by atoms with E-state index >= 15 is 0 Å². The van der Waals surface area contributed by atoms with Crippen LogP contribution in [0.4, 0.5) is 10.8 Å². The number of hydrogen-bond donors (Lipinski definition) is 1. The zero-order valence-electron chi connectivity index (χ0n) is 11.5. The molecule has 0 aliphatic carbocycles. The minimum Gasteiger partial charge on any atom is -0.497 e. The Labute approximate surface area is 131 Å². The maximum atomic E-state index is 6.17. The van der Waals surface area contributed by atoms with Crippen LogP contribution < -0.4 is 14.8 Å². The normalized spacial score (nSPS) is 10.6. The molecule has 2 aromatic carbocycles. The van der Waals surface area contributed by atoms with E-state index in [2.05, 4.69) is 10.3 Å². The lowest BCUT2D eigenvalue weighted by Gasteiger charge is -2.08. The van der Waals surface area contributed by atoms with Crippen molar-refractivity contribution in [2.45, 2.75) is 0 Å². The van der Waals surface area contributed by atoms with Crippen molar-refractivity contribution in [3.63, 3.8) is 0 Å². The fourth-order valence-corrected chi connectivity index (χ4v) is 3.15. The molecule has 0 aliphatic rings. The van der Waals surface area contributed by atoms with Crippen molar-refractivity contribution in [1.82, 2.24) is 4.98 Å². The van der Waals surface area contributed by atoms with Crippen molar-refractivity contribution in [2.75, 3.05) is 19.5 Å². The van der Waals surface area contributed by atoms with Crippen molar-refractivity contribution in [3.8, 4) is 11.5 Å². The van der Waals surface area contributed by atoms with Crippen molar-refractivity contribution in [3.05, 3.63) is 41.4 Å². The van der Waals surface area contributed by atoms with Gasteiger partial charge in [0.05, 0.1) is 29.5 Å². The van der Waals surface area contributed by atoms with E-state index in [9.17, 15) is 0 Å². The molecule has 0 saturated carbocycles. The number of anilines is 2. The van der Waals surface area contributed by atoms with Crippen molar-refractivity contribution in [2.24, 2.45) is 0 Å². The molecule has 6 heteroatoms. The molecule has 4 nitrogen and oxygen atoms in total. The van der Waals surface area contributed by atoms with Gasteiger partial charge >= 0.3 is 0 Å². The van der Waals surface area contributed by atoms with Gasteiger partial charge in [0.25, 0.3) is 0 Å². The predicted molar refractivity (Wildman–Crippen MR) is 87.5 cm³/mol. The van der Waals surface area contributed by atoms with Crippen molar-refractivity contribution >= 4 is 44.0 Å². The molecule has 3 rings (SSSR count). The molecule has 0 saturated heterocycles. The molecule has 21 heavy (non-hydrogen) atoms. The summed E-state index contributed by atoms with van der Waals surface area (Å²) in [6.07, 6.45) is 0. The van der Waals surface area contributed by atoms with E-state index < -0.39 is 0 Å². The molecule has 0 radical (unpaired) electrons. The molecule has 108 valence electrons. The summed E-state index contributed by atoms with van der Waals surface area (Å²) < 4.78 is 11.5. The quantitative estimate of drug-likeness (QED) is 0.756. The molecular formula is C15H13ClN2O2S. The average molecular weight is 321 g/mol. The number of aromatic nitrogens is 1. The Morgan fingerprint density at radius 1 is 1.10 bits per heavy atom. The zero-order chi connectivity index (χ0) is 14.8. The number of benzene rings is 2. The lowest BCUT2D eigenvalue weighted by Crippen LogP contribution is -1.93. The van der Waals surface area contributed by atoms with Crippen LogP contribution in [0.3, 0.4) is 0 Å². The highest BCUT2D eigenvalue weighted by Crippen LogP contribution is 2.34. The van der Waals surface area contributed by atoms with Crippen LogP contribution in [0.1, 0.15) is 0 Å². The maximum Gasteiger partial charge on any atom is 0.188 e. The predicted octanol–water partition coefficient (Wildman–Crippen LogP) is 4.71. The van der Waals surface area contributed by atoms with Crippen molar-refractivity contribution in [1.29, 1.82) is 0 Å². The second-order valence-corrected chi connectivity index (χ2v) is 5.74. The van der Waals surface area contributed by atoms with E-state index in [0.717, 1.165) is 32.5 Å². The Morgan fingerprint density at radius 3 is 2.43 bits per heavy atom. The summed E-state index contributed by atoms with van der Waals surface area (Å²) in [6, 6.07) is 11.3. The van der Waals surface area contributed by atoms with Crippen LogP contribution in [0, 0.1) is 0 Å². The van der Waals surface area contributed by atoms with Gasteiger partial charge in [-0.15, -0.1) is 0 Å². The minimum atomic E-state index is 0.710. The maximum absolute atomic E-state index is 6.17. The highest BCUT2D eigenvalue weighted by molar-refractivity contribution is 7.22. The van der Waals surface area contributed by atoms with Gasteiger partial charge in [0.15, 0.2) is 5.13 Å². The SMILES string of the molecule is COc1cc(Nc2nc3cccc(Cl)c3s2)cc(OC)c1. The highest BCUT2D eigenvalue weighted by atomic mass is 35.5. The van der Waals surface area contributed by atoms with Gasteiger partial charge in [-0.2, -0.15) is 0 Å². The van der Waals surface area contributed by atoms with E-state index in [4.69, 9.17) is 21.1 Å². The van der Waals surface area contributed by atoms with Crippen LogP contribution in [0.25, 0.3) is 10.2 Å². The molecule has 1 N–H and O–H groups in total. The molecule has 1 aromatic heterocycles. The Bertz CT molecular complexity index is 766. The van der Waals surface area contributed by atoms with Crippen LogP contribution >= 0.6 is 22.9 Å². The Hall–Kier alpha value is -1.98. The summed E-state index contributed by atoms with van der Waals surface area (Å²) in [6.45, 7) is 0. The van der Waals surface area contributed by atoms with Gasteiger partial charge in [-0.1, -0.05) is 29.0 Å². The third-order valence-electron chi connectivity index (χ3n) is 2.97. The second-order valence-electron chi connectivity index (χ2n) is 4.33. The molecule has 0 spiro atoms. The van der Waals surface area contributed by atoms with Gasteiger partial charge in [-0.3, -0.25) is 0 Å². The van der Waals surface area contributed by atoms with E-state index in [1.54, 1.807) is 14.2 Å². The number of rotatable bonds is 4. The molecule has 0 unspecified atom stereocenters. The molecule has 0 atom stereocenters. The first-order chi connectivity index (χ1) is 10.2. The summed E-state index contributed by atoms with van der Waals surface area (Å²) in [7, 11) is 3.24. The lowest BCUT2D eigenvalue weighted by atomic mass is 10.3. The van der Waals surface area contributed by atoms with Crippen LogP contribution in [0.2, 0.25) is 5.02 Å².